The van der Waals surface area contributed by atoms with Gasteiger partial charge in [0.25, 0.3) is 0 Å². The molecule has 0 fully saturated rings. The van der Waals surface area contributed by atoms with Crippen LogP contribution >= 0.6 is 0 Å². The number of halogens is 2. The summed E-state index contributed by atoms with van der Waals surface area (Å²) in [4.78, 5) is 8.22. The molecule has 3 aromatic rings. The molecule has 1 heterocycles. The predicted octanol–water partition coefficient (Wildman–Crippen LogP) is 4.11. The highest BCUT2D eigenvalue weighted by Crippen LogP contribution is 2.17. The molecule has 116 valence electrons. The van der Waals surface area contributed by atoms with Gasteiger partial charge in [0.2, 0.25) is 0 Å². The Kier molecular flexibility index (Phi) is 4.42. The maximum Gasteiger partial charge on any atom is 0.135 e. The Balaban J connectivity index is 1.66. The Bertz CT molecular complexity index is 791. The second kappa shape index (κ2) is 6.83. The fourth-order valence-corrected chi connectivity index (χ4v) is 2.03. The average Bonchev–Trinajstić information content (AvgIpc) is 2.55. The summed E-state index contributed by atoms with van der Waals surface area (Å²) in [7, 11) is 0. The zero-order chi connectivity index (χ0) is 16.1. The summed E-state index contributed by atoms with van der Waals surface area (Å²) in [6.07, 6.45) is 1.41. The molecule has 0 atom stereocenters. The smallest absolute Gasteiger partial charge is 0.135 e. The lowest BCUT2D eigenvalue weighted by Gasteiger charge is -2.09. The van der Waals surface area contributed by atoms with Crippen LogP contribution in [0.2, 0.25) is 0 Å². The lowest BCUT2D eigenvalue weighted by atomic mass is 10.2. The number of hydrogen-bond acceptors (Lipinski definition) is 4. The Morgan fingerprint density at radius 1 is 0.826 bits per heavy atom. The highest BCUT2D eigenvalue weighted by Gasteiger charge is 2.01. The van der Waals surface area contributed by atoms with Crippen LogP contribution in [0.1, 0.15) is 5.56 Å². The fourth-order valence-electron chi connectivity index (χ4n) is 2.03. The normalized spacial score (nSPS) is 10.3. The summed E-state index contributed by atoms with van der Waals surface area (Å²) >= 11 is 0. The minimum atomic E-state index is -0.321. The second-order valence-corrected chi connectivity index (χ2v) is 4.90. The number of nitrogens with one attached hydrogen (secondary N) is 2. The molecule has 4 nitrogen and oxygen atoms in total. The van der Waals surface area contributed by atoms with Crippen LogP contribution in [0.5, 0.6) is 0 Å². The molecule has 2 aromatic carbocycles. The van der Waals surface area contributed by atoms with Gasteiger partial charge in [0.1, 0.15) is 29.6 Å². The van der Waals surface area contributed by atoms with Crippen LogP contribution in [0.3, 0.4) is 0 Å². The number of hydrogen-bond donors (Lipinski definition) is 2. The summed E-state index contributed by atoms with van der Waals surface area (Å²) in [5.41, 5.74) is 1.54. The van der Waals surface area contributed by atoms with Gasteiger partial charge in [-0.05, 0) is 35.9 Å². The maximum absolute atomic E-state index is 13.2. The van der Waals surface area contributed by atoms with Crippen molar-refractivity contribution in [2.45, 2.75) is 6.54 Å². The van der Waals surface area contributed by atoms with E-state index in [4.69, 9.17) is 0 Å². The van der Waals surface area contributed by atoms with Gasteiger partial charge in [-0.25, -0.2) is 18.7 Å². The first-order valence-electron chi connectivity index (χ1n) is 7.02. The molecule has 0 amide bonds. The van der Waals surface area contributed by atoms with E-state index < -0.39 is 0 Å². The molecule has 3 rings (SSSR count). The molecule has 0 aliphatic rings. The fraction of sp³-hybridized carbons (Fsp3) is 0.0588. The van der Waals surface area contributed by atoms with E-state index in [0.29, 0.717) is 23.9 Å². The topological polar surface area (TPSA) is 49.8 Å². The minimum absolute atomic E-state index is 0.266. The first-order valence-corrected chi connectivity index (χ1v) is 7.02. The number of rotatable bonds is 5. The van der Waals surface area contributed by atoms with E-state index in [-0.39, 0.29) is 11.6 Å². The van der Waals surface area contributed by atoms with Crippen molar-refractivity contribution in [1.29, 1.82) is 0 Å². The van der Waals surface area contributed by atoms with Crippen LogP contribution in [0, 0.1) is 11.6 Å². The summed E-state index contributed by atoms with van der Waals surface area (Å²) in [5, 5.41) is 6.14. The van der Waals surface area contributed by atoms with Gasteiger partial charge in [0, 0.05) is 18.3 Å². The van der Waals surface area contributed by atoms with Crippen LogP contribution in [-0.4, -0.2) is 9.97 Å². The Labute approximate surface area is 132 Å². The first-order chi connectivity index (χ1) is 11.2. The molecule has 0 spiro atoms. The number of aromatic nitrogens is 2. The lowest BCUT2D eigenvalue weighted by Crippen LogP contribution is -2.03. The molecule has 2 N–H and O–H groups in total. The van der Waals surface area contributed by atoms with Crippen molar-refractivity contribution in [2.75, 3.05) is 10.6 Å². The highest BCUT2D eigenvalue weighted by atomic mass is 19.1. The maximum atomic E-state index is 13.2. The minimum Gasteiger partial charge on any atom is -0.366 e. The van der Waals surface area contributed by atoms with Gasteiger partial charge in [-0.15, -0.1) is 0 Å². The van der Waals surface area contributed by atoms with Crippen molar-refractivity contribution in [1.82, 2.24) is 9.97 Å². The monoisotopic (exact) mass is 312 g/mol. The molecule has 0 aliphatic carbocycles. The molecule has 1 aromatic heterocycles. The zero-order valence-corrected chi connectivity index (χ0v) is 12.1. The van der Waals surface area contributed by atoms with Gasteiger partial charge in [-0.1, -0.05) is 18.2 Å². The number of anilines is 3. The Hall–Kier alpha value is -3.02. The van der Waals surface area contributed by atoms with Crippen LogP contribution in [0.15, 0.2) is 60.9 Å². The van der Waals surface area contributed by atoms with E-state index in [0.717, 1.165) is 5.56 Å². The van der Waals surface area contributed by atoms with E-state index in [1.165, 1.54) is 30.6 Å². The summed E-state index contributed by atoms with van der Waals surface area (Å²) in [5.74, 6) is 0.575. The van der Waals surface area contributed by atoms with Crippen molar-refractivity contribution in [3.8, 4) is 0 Å². The largest absolute Gasteiger partial charge is 0.366 e. The molecule has 6 heteroatoms. The van der Waals surface area contributed by atoms with E-state index in [2.05, 4.69) is 20.6 Å². The van der Waals surface area contributed by atoms with E-state index in [9.17, 15) is 8.78 Å². The van der Waals surface area contributed by atoms with Crippen LogP contribution in [-0.2, 0) is 6.54 Å². The average molecular weight is 312 g/mol. The van der Waals surface area contributed by atoms with E-state index >= 15 is 0 Å². The summed E-state index contributed by atoms with van der Waals surface area (Å²) in [6.45, 7) is 0.511. The van der Waals surface area contributed by atoms with Crippen molar-refractivity contribution in [3.63, 3.8) is 0 Å². The predicted molar refractivity (Wildman–Crippen MR) is 85.4 cm³/mol. The third kappa shape index (κ3) is 4.23. The third-order valence-electron chi connectivity index (χ3n) is 3.15. The van der Waals surface area contributed by atoms with E-state index in [1.807, 2.05) is 0 Å². The number of nitrogens with zero attached hydrogens (tertiary/aromatic N) is 2. The van der Waals surface area contributed by atoms with Crippen molar-refractivity contribution in [2.24, 2.45) is 0 Å². The Morgan fingerprint density at radius 3 is 2.39 bits per heavy atom. The van der Waals surface area contributed by atoms with Gasteiger partial charge in [0.05, 0.1) is 0 Å². The van der Waals surface area contributed by atoms with E-state index in [1.54, 1.807) is 30.3 Å². The van der Waals surface area contributed by atoms with Crippen molar-refractivity contribution < 1.29 is 8.78 Å². The van der Waals surface area contributed by atoms with Crippen LogP contribution in [0.25, 0.3) is 0 Å². The molecule has 0 unspecified atom stereocenters. The molecule has 0 saturated carbocycles. The summed E-state index contributed by atoms with van der Waals surface area (Å²) < 4.78 is 26.0. The lowest BCUT2D eigenvalue weighted by molar-refractivity contribution is 0.627. The first kappa shape index (κ1) is 14.9. The molecule has 23 heavy (non-hydrogen) atoms. The molecule has 0 radical (unpaired) electrons. The Morgan fingerprint density at radius 2 is 1.61 bits per heavy atom. The quantitative estimate of drug-likeness (QED) is 0.744. The standard InChI is InChI=1S/C17H14F2N4/c18-13-6-4-12(5-7-13)10-20-16-9-17(22-11-21-16)23-15-3-1-2-14(19)8-15/h1-9,11H,10H2,(H2,20,21,22,23). The molecule has 0 saturated heterocycles. The summed E-state index contributed by atoms with van der Waals surface area (Å²) in [6, 6.07) is 14.1. The third-order valence-corrected chi connectivity index (χ3v) is 3.15. The molecule has 0 bridgehead atoms. The van der Waals surface area contributed by atoms with Gasteiger partial charge in [-0.2, -0.15) is 0 Å². The second-order valence-electron chi connectivity index (χ2n) is 4.90. The van der Waals surface area contributed by atoms with Crippen LogP contribution < -0.4 is 10.6 Å². The van der Waals surface area contributed by atoms with Gasteiger partial charge < -0.3 is 10.6 Å². The molecular formula is C17H14F2N4. The molecule has 0 aliphatic heterocycles. The van der Waals surface area contributed by atoms with Crippen molar-refractivity contribution in [3.05, 3.63) is 78.1 Å². The van der Waals surface area contributed by atoms with Crippen molar-refractivity contribution >= 4 is 17.3 Å². The molecular weight excluding hydrogens is 298 g/mol. The number of benzene rings is 2. The van der Waals surface area contributed by atoms with Gasteiger partial charge >= 0.3 is 0 Å². The zero-order valence-electron chi connectivity index (χ0n) is 12.1. The van der Waals surface area contributed by atoms with Gasteiger partial charge in [-0.3, -0.25) is 0 Å². The SMILES string of the molecule is Fc1ccc(CNc2cc(Nc3cccc(F)c3)ncn2)cc1. The van der Waals surface area contributed by atoms with Crippen LogP contribution in [0.4, 0.5) is 26.1 Å². The van der Waals surface area contributed by atoms with Gasteiger partial charge in [0.15, 0.2) is 0 Å². The highest BCUT2D eigenvalue weighted by molar-refractivity contribution is 5.58.